The molecule has 0 bridgehead atoms. The van der Waals surface area contributed by atoms with E-state index in [-0.39, 0.29) is 0 Å². The number of nitrogens with zero attached hydrogens (tertiary/aromatic N) is 5. The van der Waals surface area contributed by atoms with Crippen molar-refractivity contribution in [3.8, 4) is 0 Å². The fourth-order valence-corrected chi connectivity index (χ4v) is 2.03. The van der Waals surface area contributed by atoms with Gasteiger partial charge in [-0.2, -0.15) is 14.6 Å². The number of fused-ring (bicyclic) bond motifs is 1. The molecule has 20 heavy (non-hydrogen) atoms. The number of hydrogen-bond acceptors (Lipinski definition) is 5. The first kappa shape index (κ1) is 12.6. The lowest BCUT2D eigenvalue weighted by molar-refractivity contribution is 0.178. The summed E-state index contributed by atoms with van der Waals surface area (Å²) in [6.07, 6.45) is 1.71. The van der Waals surface area contributed by atoms with Crippen molar-refractivity contribution in [3.63, 3.8) is 0 Å². The minimum Gasteiger partial charge on any atom is -0.377 e. The van der Waals surface area contributed by atoms with Crippen LogP contribution in [0.1, 0.15) is 5.82 Å². The van der Waals surface area contributed by atoms with Gasteiger partial charge in [-0.1, -0.05) is 18.2 Å². The van der Waals surface area contributed by atoms with E-state index >= 15 is 0 Å². The third-order valence-corrected chi connectivity index (χ3v) is 3.00. The molecule has 1 aromatic carbocycles. The molecule has 0 N–H and O–H groups in total. The molecule has 0 fully saturated rings. The Bertz CT molecular complexity index is 710. The third-order valence-electron chi connectivity index (χ3n) is 3.00. The predicted molar refractivity (Wildman–Crippen MR) is 76.0 cm³/mol. The van der Waals surface area contributed by atoms with Gasteiger partial charge in [0, 0.05) is 25.9 Å². The largest absolute Gasteiger partial charge is 0.377 e. The molecule has 0 atom stereocenters. The van der Waals surface area contributed by atoms with Crippen LogP contribution in [0.3, 0.4) is 0 Å². The molecule has 0 saturated heterocycles. The lowest BCUT2D eigenvalue weighted by atomic mass is 10.3. The Morgan fingerprint density at radius 1 is 1.15 bits per heavy atom. The van der Waals surface area contributed by atoms with E-state index in [0.29, 0.717) is 18.4 Å². The van der Waals surface area contributed by atoms with Gasteiger partial charge >= 0.3 is 0 Å². The quantitative estimate of drug-likeness (QED) is 0.725. The van der Waals surface area contributed by atoms with Crippen molar-refractivity contribution in [1.29, 1.82) is 0 Å². The SMILES string of the molecule is COCc1nc(N(C)c2ccccc2)n2nccc2n1. The molecule has 0 aliphatic carbocycles. The zero-order valence-corrected chi connectivity index (χ0v) is 11.4. The van der Waals surface area contributed by atoms with Crippen molar-refractivity contribution >= 4 is 17.3 Å². The molecule has 0 aliphatic heterocycles. The van der Waals surface area contributed by atoms with Gasteiger partial charge < -0.3 is 9.64 Å². The van der Waals surface area contributed by atoms with Gasteiger partial charge in [0.15, 0.2) is 11.5 Å². The summed E-state index contributed by atoms with van der Waals surface area (Å²) in [6, 6.07) is 11.9. The van der Waals surface area contributed by atoms with Crippen molar-refractivity contribution in [2.75, 3.05) is 19.1 Å². The maximum absolute atomic E-state index is 5.12. The van der Waals surface area contributed by atoms with Gasteiger partial charge in [-0.3, -0.25) is 0 Å². The second-order valence-electron chi connectivity index (χ2n) is 4.37. The molecule has 2 heterocycles. The lowest BCUT2D eigenvalue weighted by Crippen LogP contribution is -2.18. The summed E-state index contributed by atoms with van der Waals surface area (Å²) in [5.74, 6) is 1.34. The Kier molecular flexibility index (Phi) is 3.30. The summed E-state index contributed by atoms with van der Waals surface area (Å²) in [5.41, 5.74) is 1.79. The van der Waals surface area contributed by atoms with Crippen LogP contribution < -0.4 is 4.90 Å². The number of para-hydroxylation sites is 1. The Morgan fingerprint density at radius 2 is 1.95 bits per heavy atom. The molecule has 102 valence electrons. The predicted octanol–water partition coefficient (Wildman–Crippen LogP) is 2.04. The fourth-order valence-electron chi connectivity index (χ4n) is 2.03. The number of anilines is 2. The number of hydrogen-bond donors (Lipinski definition) is 0. The average Bonchev–Trinajstić information content (AvgIpc) is 2.95. The highest BCUT2D eigenvalue weighted by Gasteiger charge is 2.13. The second kappa shape index (κ2) is 5.26. The van der Waals surface area contributed by atoms with Gasteiger partial charge in [0.1, 0.15) is 6.61 Å². The van der Waals surface area contributed by atoms with Crippen LogP contribution in [0.4, 0.5) is 11.6 Å². The Labute approximate surface area is 116 Å². The number of benzene rings is 1. The summed E-state index contributed by atoms with van der Waals surface area (Å²) in [4.78, 5) is 10.9. The highest BCUT2D eigenvalue weighted by Crippen LogP contribution is 2.21. The zero-order chi connectivity index (χ0) is 13.9. The van der Waals surface area contributed by atoms with E-state index in [4.69, 9.17) is 4.74 Å². The van der Waals surface area contributed by atoms with Crippen molar-refractivity contribution in [1.82, 2.24) is 19.6 Å². The number of methoxy groups -OCH3 is 1. The normalized spacial score (nSPS) is 10.9. The van der Waals surface area contributed by atoms with E-state index in [1.807, 2.05) is 48.3 Å². The van der Waals surface area contributed by atoms with Gasteiger partial charge in [-0.15, -0.1) is 0 Å². The van der Waals surface area contributed by atoms with E-state index in [9.17, 15) is 0 Å². The van der Waals surface area contributed by atoms with Crippen LogP contribution in [0.5, 0.6) is 0 Å². The second-order valence-corrected chi connectivity index (χ2v) is 4.37. The summed E-state index contributed by atoms with van der Waals surface area (Å²) in [6.45, 7) is 0.372. The van der Waals surface area contributed by atoms with E-state index < -0.39 is 0 Å². The average molecular weight is 269 g/mol. The molecule has 3 rings (SSSR count). The van der Waals surface area contributed by atoms with Gasteiger partial charge in [0.25, 0.3) is 0 Å². The summed E-state index contributed by atoms with van der Waals surface area (Å²) >= 11 is 0. The molecule has 0 saturated carbocycles. The molecular formula is C14H15N5O. The van der Waals surface area contributed by atoms with E-state index in [1.54, 1.807) is 17.8 Å². The minimum absolute atomic E-state index is 0.372. The van der Waals surface area contributed by atoms with Crippen LogP contribution in [-0.4, -0.2) is 33.7 Å². The molecule has 2 aromatic heterocycles. The number of aromatic nitrogens is 4. The first-order valence-corrected chi connectivity index (χ1v) is 6.28. The summed E-state index contributed by atoms with van der Waals surface area (Å²) in [5, 5.41) is 4.28. The highest BCUT2D eigenvalue weighted by molar-refractivity contribution is 5.58. The van der Waals surface area contributed by atoms with E-state index in [2.05, 4.69) is 15.1 Å². The Balaban J connectivity index is 2.11. The standard InChI is InChI=1S/C14H15N5O/c1-18(11-6-4-3-5-7-11)14-17-12(10-20-2)16-13-8-9-15-19(13)14/h3-9H,10H2,1-2H3. The third kappa shape index (κ3) is 2.21. The molecule has 0 amide bonds. The smallest absolute Gasteiger partial charge is 0.234 e. The van der Waals surface area contributed by atoms with Crippen LogP contribution >= 0.6 is 0 Å². The number of ether oxygens (including phenoxy) is 1. The maximum atomic E-state index is 5.12. The molecule has 3 aromatic rings. The van der Waals surface area contributed by atoms with Gasteiger partial charge in [0.2, 0.25) is 5.95 Å². The van der Waals surface area contributed by atoms with E-state index in [1.165, 1.54) is 0 Å². The first-order valence-electron chi connectivity index (χ1n) is 6.28. The van der Waals surface area contributed by atoms with E-state index in [0.717, 1.165) is 11.3 Å². The van der Waals surface area contributed by atoms with Gasteiger partial charge in [-0.25, -0.2) is 4.98 Å². The lowest BCUT2D eigenvalue weighted by Gasteiger charge is -2.19. The van der Waals surface area contributed by atoms with Gasteiger partial charge in [-0.05, 0) is 12.1 Å². The summed E-state index contributed by atoms with van der Waals surface area (Å²) < 4.78 is 6.84. The highest BCUT2D eigenvalue weighted by atomic mass is 16.5. The van der Waals surface area contributed by atoms with Crippen LogP contribution in [0.15, 0.2) is 42.6 Å². The molecule has 0 aliphatic rings. The molecule has 6 nitrogen and oxygen atoms in total. The molecule has 0 spiro atoms. The first-order chi connectivity index (χ1) is 9.79. The topological polar surface area (TPSA) is 55.5 Å². The van der Waals surface area contributed by atoms with Crippen molar-refractivity contribution in [2.24, 2.45) is 0 Å². The van der Waals surface area contributed by atoms with Crippen LogP contribution in [0, 0.1) is 0 Å². The van der Waals surface area contributed by atoms with Crippen LogP contribution in [-0.2, 0) is 11.3 Å². The van der Waals surface area contributed by atoms with Crippen LogP contribution in [0.2, 0.25) is 0 Å². The molecule has 0 radical (unpaired) electrons. The molecular weight excluding hydrogens is 254 g/mol. The Morgan fingerprint density at radius 3 is 2.70 bits per heavy atom. The monoisotopic (exact) mass is 269 g/mol. The molecule has 0 unspecified atom stereocenters. The van der Waals surface area contributed by atoms with Crippen molar-refractivity contribution in [2.45, 2.75) is 6.61 Å². The maximum Gasteiger partial charge on any atom is 0.234 e. The summed E-state index contributed by atoms with van der Waals surface area (Å²) in [7, 11) is 3.58. The number of rotatable bonds is 4. The van der Waals surface area contributed by atoms with Crippen LogP contribution in [0.25, 0.3) is 5.65 Å². The van der Waals surface area contributed by atoms with Crippen molar-refractivity contribution in [3.05, 3.63) is 48.4 Å². The minimum atomic E-state index is 0.372. The fraction of sp³-hybridized carbons (Fsp3) is 0.214. The van der Waals surface area contributed by atoms with Crippen molar-refractivity contribution < 1.29 is 4.74 Å². The van der Waals surface area contributed by atoms with Gasteiger partial charge in [0.05, 0.1) is 6.20 Å². The molecule has 6 heteroatoms. The Hall–Kier alpha value is -2.47. The zero-order valence-electron chi connectivity index (χ0n) is 11.4.